The highest BCUT2D eigenvalue weighted by atomic mass is 16.5. The molecule has 0 atom stereocenters. The predicted molar refractivity (Wildman–Crippen MR) is 73.6 cm³/mol. The summed E-state index contributed by atoms with van der Waals surface area (Å²) < 4.78 is 5.06. The maximum atomic E-state index is 11.8. The molecule has 0 saturated heterocycles. The van der Waals surface area contributed by atoms with E-state index < -0.39 is 11.2 Å². The molecule has 20 heavy (non-hydrogen) atoms. The molecule has 0 saturated carbocycles. The summed E-state index contributed by atoms with van der Waals surface area (Å²) in [6.07, 6.45) is 0. The standard InChI is InChI=1S/C12H11N5O3/c1-20-7-4-2-6(3-5-7)13-9-8-10(17-16-9)14-12(19)15-11(8)18/h2-5H,1H3,(H4,13,14,15,16,17,18,19). The van der Waals surface area contributed by atoms with Crippen LogP contribution >= 0.6 is 0 Å². The fourth-order valence-electron chi connectivity index (χ4n) is 1.87. The van der Waals surface area contributed by atoms with Crippen molar-refractivity contribution < 1.29 is 4.74 Å². The van der Waals surface area contributed by atoms with Gasteiger partial charge in [-0.15, -0.1) is 0 Å². The molecule has 0 amide bonds. The quantitative estimate of drug-likeness (QED) is 0.560. The summed E-state index contributed by atoms with van der Waals surface area (Å²) in [5.74, 6) is 1.13. The maximum absolute atomic E-state index is 11.8. The van der Waals surface area contributed by atoms with Gasteiger partial charge in [0, 0.05) is 5.69 Å². The van der Waals surface area contributed by atoms with Crippen LogP contribution in [0, 0.1) is 0 Å². The Hall–Kier alpha value is -3.03. The van der Waals surface area contributed by atoms with Gasteiger partial charge >= 0.3 is 5.69 Å². The summed E-state index contributed by atoms with van der Waals surface area (Å²) in [5, 5.41) is 9.85. The van der Waals surface area contributed by atoms with Gasteiger partial charge in [-0.1, -0.05) is 0 Å². The number of nitrogens with zero attached hydrogens (tertiary/aromatic N) is 1. The topological polar surface area (TPSA) is 116 Å². The highest BCUT2D eigenvalue weighted by Gasteiger charge is 2.10. The molecule has 0 radical (unpaired) electrons. The third-order valence-corrected chi connectivity index (χ3v) is 2.81. The van der Waals surface area contributed by atoms with Gasteiger partial charge in [0.25, 0.3) is 5.56 Å². The number of aromatic amines is 3. The van der Waals surface area contributed by atoms with E-state index in [0.29, 0.717) is 5.82 Å². The minimum atomic E-state index is -0.593. The molecule has 102 valence electrons. The van der Waals surface area contributed by atoms with Crippen molar-refractivity contribution in [2.45, 2.75) is 0 Å². The average molecular weight is 273 g/mol. The first kappa shape index (κ1) is 12.0. The molecule has 2 aromatic heterocycles. The minimum absolute atomic E-state index is 0.203. The first-order valence-electron chi connectivity index (χ1n) is 5.79. The summed E-state index contributed by atoms with van der Waals surface area (Å²) in [4.78, 5) is 27.5. The fourth-order valence-corrected chi connectivity index (χ4v) is 1.87. The van der Waals surface area contributed by atoms with Gasteiger partial charge in [0.15, 0.2) is 5.65 Å². The van der Waals surface area contributed by atoms with E-state index >= 15 is 0 Å². The number of methoxy groups -OCH3 is 1. The van der Waals surface area contributed by atoms with Gasteiger partial charge in [-0.25, -0.2) is 4.79 Å². The number of anilines is 2. The van der Waals surface area contributed by atoms with Gasteiger partial charge in [-0.3, -0.25) is 19.9 Å². The molecule has 0 aliphatic rings. The Morgan fingerprint density at radius 2 is 1.90 bits per heavy atom. The molecular formula is C12H11N5O3. The summed E-state index contributed by atoms with van der Waals surface area (Å²) in [7, 11) is 1.58. The zero-order chi connectivity index (χ0) is 14.1. The molecule has 0 unspecified atom stereocenters. The van der Waals surface area contributed by atoms with Crippen LogP contribution in [0.15, 0.2) is 33.9 Å². The van der Waals surface area contributed by atoms with Crippen LogP contribution in [-0.2, 0) is 0 Å². The lowest BCUT2D eigenvalue weighted by molar-refractivity contribution is 0.415. The molecule has 8 nitrogen and oxygen atoms in total. The monoisotopic (exact) mass is 273 g/mol. The van der Waals surface area contributed by atoms with Gasteiger partial charge in [0.2, 0.25) is 0 Å². The first-order valence-corrected chi connectivity index (χ1v) is 5.79. The van der Waals surface area contributed by atoms with Crippen LogP contribution in [-0.4, -0.2) is 27.3 Å². The normalized spacial score (nSPS) is 10.7. The van der Waals surface area contributed by atoms with Gasteiger partial charge in [0.1, 0.15) is 17.0 Å². The van der Waals surface area contributed by atoms with Crippen molar-refractivity contribution in [2.24, 2.45) is 0 Å². The summed E-state index contributed by atoms with van der Waals surface area (Å²) in [6.45, 7) is 0. The third-order valence-electron chi connectivity index (χ3n) is 2.81. The molecular weight excluding hydrogens is 262 g/mol. The molecule has 1 aromatic carbocycles. The number of ether oxygens (including phenoxy) is 1. The minimum Gasteiger partial charge on any atom is -0.497 e. The average Bonchev–Trinajstić information content (AvgIpc) is 2.82. The van der Waals surface area contributed by atoms with Crippen molar-refractivity contribution in [3.63, 3.8) is 0 Å². The fraction of sp³-hybridized carbons (Fsp3) is 0.0833. The smallest absolute Gasteiger partial charge is 0.327 e. The number of H-pyrrole nitrogens is 3. The Morgan fingerprint density at radius 1 is 1.15 bits per heavy atom. The SMILES string of the molecule is COc1ccc(Nc2[nH]nc3[nH]c(=O)[nH]c(=O)c23)cc1. The number of hydrogen-bond donors (Lipinski definition) is 4. The molecule has 8 heteroatoms. The van der Waals surface area contributed by atoms with Crippen molar-refractivity contribution in [1.82, 2.24) is 20.2 Å². The van der Waals surface area contributed by atoms with E-state index in [1.165, 1.54) is 0 Å². The van der Waals surface area contributed by atoms with E-state index in [9.17, 15) is 9.59 Å². The van der Waals surface area contributed by atoms with Crippen LogP contribution in [0.2, 0.25) is 0 Å². The lowest BCUT2D eigenvalue weighted by atomic mass is 10.3. The Kier molecular flexibility index (Phi) is 2.75. The van der Waals surface area contributed by atoms with Crippen LogP contribution in [0.25, 0.3) is 11.0 Å². The van der Waals surface area contributed by atoms with Gasteiger partial charge < -0.3 is 10.1 Å². The Bertz CT molecular complexity index is 859. The van der Waals surface area contributed by atoms with Gasteiger partial charge in [-0.05, 0) is 24.3 Å². The van der Waals surface area contributed by atoms with Crippen LogP contribution in [0.5, 0.6) is 5.75 Å². The van der Waals surface area contributed by atoms with Crippen molar-refractivity contribution in [3.05, 3.63) is 45.1 Å². The highest BCUT2D eigenvalue weighted by Crippen LogP contribution is 2.21. The second-order valence-electron chi connectivity index (χ2n) is 4.08. The van der Waals surface area contributed by atoms with Crippen LogP contribution < -0.4 is 21.3 Å². The Morgan fingerprint density at radius 3 is 2.60 bits per heavy atom. The van der Waals surface area contributed by atoms with E-state index in [1.807, 2.05) is 0 Å². The molecule has 0 bridgehead atoms. The summed E-state index contributed by atoms with van der Waals surface area (Å²) >= 11 is 0. The number of rotatable bonds is 3. The number of aromatic nitrogens is 4. The number of fused-ring (bicyclic) bond motifs is 1. The molecule has 3 aromatic rings. The van der Waals surface area contributed by atoms with Gasteiger partial charge in [0.05, 0.1) is 7.11 Å². The molecule has 3 rings (SSSR count). The Labute approximate surface area is 111 Å². The van der Waals surface area contributed by atoms with Crippen molar-refractivity contribution in [2.75, 3.05) is 12.4 Å². The van der Waals surface area contributed by atoms with E-state index in [-0.39, 0.29) is 11.0 Å². The summed E-state index contributed by atoms with van der Waals surface area (Å²) in [6, 6.07) is 7.16. The van der Waals surface area contributed by atoms with Crippen molar-refractivity contribution in [3.8, 4) is 5.75 Å². The lowest BCUT2D eigenvalue weighted by Crippen LogP contribution is -2.21. The molecule has 2 heterocycles. The van der Waals surface area contributed by atoms with E-state index in [1.54, 1.807) is 31.4 Å². The van der Waals surface area contributed by atoms with Crippen LogP contribution in [0.3, 0.4) is 0 Å². The molecule has 0 aliphatic heterocycles. The second kappa shape index (κ2) is 4.57. The van der Waals surface area contributed by atoms with E-state index in [0.717, 1.165) is 11.4 Å². The summed E-state index contributed by atoms with van der Waals surface area (Å²) in [5.41, 5.74) is -0.143. The largest absolute Gasteiger partial charge is 0.497 e. The highest BCUT2D eigenvalue weighted by molar-refractivity contribution is 5.87. The van der Waals surface area contributed by atoms with Gasteiger partial charge in [-0.2, -0.15) is 5.10 Å². The number of hydrogen-bond acceptors (Lipinski definition) is 5. The van der Waals surface area contributed by atoms with Crippen LogP contribution in [0.1, 0.15) is 0 Å². The zero-order valence-electron chi connectivity index (χ0n) is 10.5. The molecule has 0 spiro atoms. The van der Waals surface area contributed by atoms with E-state index in [2.05, 4.69) is 25.5 Å². The predicted octanol–water partition coefficient (Wildman–Crippen LogP) is 0.692. The maximum Gasteiger partial charge on any atom is 0.327 e. The zero-order valence-corrected chi connectivity index (χ0v) is 10.5. The lowest BCUT2D eigenvalue weighted by Gasteiger charge is -2.05. The third kappa shape index (κ3) is 2.03. The van der Waals surface area contributed by atoms with Crippen molar-refractivity contribution in [1.29, 1.82) is 0 Å². The second-order valence-corrected chi connectivity index (χ2v) is 4.08. The molecule has 4 N–H and O–H groups in total. The first-order chi connectivity index (χ1) is 9.67. The Balaban J connectivity index is 2.02. The molecule has 0 aliphatic carbocycles. The van der Waals surface area contributed by atoms with Crippen LogP contribution in [0.4, 0.5) is 11.5 Å². The number of benzene rings is 1. The number of nitrogens with one attached hydrogen (secondary N) is 4. The van der Waals surface area contributed by atoms with Crippen molar-refractivity contribution >= 4 is 22.5 Å². The molecule has 0 fully saturated rings. The van der Waals surface area contributed by atoms with E-state index in [4.69, 9.17) is 4.74 Å².